The molecule has 22 heavy (non-hydrogen) atoms. The number of hydrogen-bond donors (Lipinski definition) is 4. The first-order valence-electron chi connectivity index (χ1n) is 8.23. The van der Waals surface area contributed by atoms with Crippen LogP contribution in [0.1, 0.15) is 66.2 Å². The number of hydrogen-bond acceptors (Lipinski definition) is 4. The van der Waals surface area contributed by atoms with Gasteiger partial charge in [0.15, 0.2) is 5.72 Å². The summed E-state index contributed by atoms with van der Waals surface area (Å²) in [6, 6.07) is 0. The van der Waals surface area contributed by atoms with Crippen molar-refractivity contribution in [3.8, 4) is 0 Å². The molecule has 1 unspecified atom stereocenters. The lowest BCUT2D eigenvalue weighted by atomic mass is 9.69. The second-order valence-corrected chi connectivity index (χ2v) is 5.77. The summed E-state index contributed by atoms with van der Waals surface area (Å²) in [5, 5.41) is 25.2. The van der Waals surface area contributed by atoms with Gasteiger partial charge in [-0.2, -0.15) is 0 Å². The van der Waals surface area contributed by atoms with Crippen LogP contribution < -0.4 is 10.6 Å². The van der Waals surface area contributed by atoms with Crippen molar-refractivity contribution in [1.29, 1.82) is 0 Å². The lowest BCUT2D eigenvalue weighted by molar-refractivity contribution is -0.166. The number of amides is 2. The zero-order valence-corrected chi connectivity index (χ0v) is 14.4. The van der Waals surface area contributed by atoms with Gasteiger partial charge in [0.2, 0.25) is 11.8 Å². The maximum atomic E-state index is 12.7. The molecule has 0 aromatic heterocycles. The lowest BCUT2D eigenvalue weighted by Gasteiger charge is -2.45. The van der Waals surface area contributed by atoms with E-state index in [1.807, 2.05) is 20.8 Å². The largest absolute Gasteiger partial charge is 0.396 e. The minimum atomic E-state index is -1.56. The van der Waals surface area contributed by atoms with E-state index in [2.05, 4.69) is 10.6 Å². The first kappa shape index (κ1) is 20.9. The highest BCUT2D eigenvalue weighted by molar-refractivity contribution is 5.85. The fourth-order valence-corrected chi connectivity index (χ4v) is 3.03. The van der Waals surface area contributed by atoms with E-state index in [0.29, 0.717) is 45.1 Å². The molecule has 0 aromatic carbocycles. The first-order valence-corrected chi connectivity index (χ1v) is 8.23. The fourth-order valence-electron chi connectivity index (χ4n) is 3.03. The van der Waals surface area contributed by atoms with Gasteiger partial charge in [0, 0.05) is 20.1 Å². The van der Waals surface area contributed by atoms with Gasteiger partial charge >= 0.3 is 0 Å². The molecule has 0 saturated carbocycles. The molecule has 6 nitrogen and oxygen atoms in total. The van der Waals surface area contributed by atoms with E-state index in [1.54, 1.807) is 0 Å². The average molecular weight is 316 g/mol. The SMILES string of the molecule is CCCC(O)(NC(C)=O)C(CC)(CC)C(=O)NCCCCO. The topological polar surface area (TPSA) is 98.7 Å². The lowest BCUT2D eigenvalue weighted by Crippen LogP contribution is -2.64. The highest BCUT2D eigenvalue weighted by atomic mass is 16.3. The summed E-state index contributed by atoms with van der Waals surface area (Å²) in [4.78, 5) is 24.2. The molecule has 0 rings (SSSR count). The first-order chi connectivity index (χ1) is 10.3. The summed E-state index contributed by atoms with van der Waals surface area (Å²) in [6.45, 7) is 7.48. The number of aliphatic hydroxyl groups excluding tert-OH is 1. The minimum absolute atomic E-state index is 0.0915. The standard InChI is InChI=1S/C16H32N2O4/c1-5-10-16(22,18-13(4)20)15(6-2,7-3)14(21)17-11-8-9-12-19/h19,22H,5-12H2,1-4H3,(H,17,21)(H,18,20). The van der Waals surface area contributed by atoms with Gasteiger partial charge < -0.3 is 20.8 Å². The number of aliphatic hydroxyl groups is 2. The molecule has 0 aromatic rings. The van der Waals surface area contributed by atoms with Crippen LogP contribution in [0.5, 0.6) is 0 Å². The monoisotopic (exact) mass is 316 g/mol. The minimum Gasteiger partial charge on any atom is -0.396 e. The predicted molar refractivity (Wildman–Crippen MR) is 86.0 cm³/mol. The third-order valence-corrected chi connectivity index (χ3v) is 4.30. The number of nitrogens with one attached hydrogen (secondary N) is 2. The Morgan fingerprint density at radius 3 is 2.09 bits per heavy atom. The van der Waals surface area contributed by atoms with Crippen LogP contribution in [0.2, 0.25) is 0 Å². The quantitative estimate of drug-likeness (QED) is 0.341. The van der Waals surface area contributed by atoms with E-state index in [0.717, 1.165) is 0 Å². The zero-order chi connectivity index (χ0) is 17.2. The molecule has 4 N–H and O–H groups in total. The van der Waals surface area contributed by atoms with E-state index in [-0.39, 0.29) is 18.4 Å². The average Bonchev–Trinajstić information content (AvgIpc) is 2.44. The molecule has 0 radical (unpaired) electrons. The van der Waals surface area contributed by atoms with Gasteiger partial charge in [-0.15, -0.1) is 0 Å². The third-order valence-electron chi connectivity index (χ3n) is 4.30. The molecule has 6 heteroatoms. The molecule has 1 atom stereocenters. The van der Waals surface area contributed by atoms with Crippen molar-refractivity contribution in [3.63, 3.8) is 0 Å². The van der Waals surface area contributed by atoms with Crippen molar-refractivity contribution < 1.29 is 19.8 Å². The van der Waals surface area contributed by atoms with Crippen molar-refractivity contribution in [2.24, 2.45) is 5.41 Å². The van der Waals surface area contributed by atoms with Crippen molar-refractivity contribution in [2.75, 3.05) is 13.2 Å². The Balaban J connectivity index is 5.31. The fraction of sp³-hybridized carbons (Fsp3) is 0.875. The van der Waals surface area contributed by atoms with E-state index in [9.17, 15) is 14.7 Å². The highest BCUT2D eigenvalue weighted by Gasteiger charge is 2.53. The Kier molecular flexibility index (Phi) is 9.28. The maximum Gasteiger partial charge on any atom is 0.231 e. The summed E-state index contributed by atoms with van der Waals surface area (Å²) in [5.41, 5.74) is -2.62. The second-order valence-electron chi connectivity index (χ2n) is 5.77. The molecule has 0 bridgehead atoms. The van der Waals surface area contributed by atoms with Crippen molar-refractivity contribution >= 4 is 11.8 Å². The zero-order valence-electron chi connectivity index (χ0n) is 14.4. The Bertz CT molecular complexity index is 356. The summed E-state index contributed by atoms with van der Waals surface area (Å²) < 4.78 is 0. The Hall–Kier alpha value is -1.14. The highest BCUT2D eigenvalue weighted by Crippen LogP contribution is 2.40. The predicted octanol–water partition coefficient (Wildman–Crippen LogP) is 1.31. The molecule has 0 spiro atoms. The Morgan fingerprint density at radius 1 is 1.09 bits per heavy atom. The van der Waals surface area contributed by atoms with E-state index in [1.165, 1.54) is 6.92 Å². The Morgan fingerprint density at radius 2 is 1.68 bits per heavy atom. The normalized spacial score (nSPS) is 14.3. The molecular weight excluding hydrogens is 284 g/mol. The number of rotatable bonds is 11. The van der Waals surface area contributed by atoms with Gasteiger partial charge in [0.1, 0.15) is 0 Å². The van der Waals surface area contributed by atoms with E-state index in [4.69, 9.17) is 5.11 Å². The van der Waals surface area contributed by atoms with Crippen molar-refractivity contribution in [2.45, 2.75) is 71.9 Å². The molecule has 0 fully saturated rings. The van der Waals surface area contributed by atoms with Crippen LogP contribution in [0.15, 0.2) is 0 Å². The molecule has 0 aliphatic rings. The number of carbonyl (C=O) groups is 2. The maximum absolute atomic E-state index is 12.7. The summed E-state index contributed by atoms with van der Waals surface area (Å²) in [6.07, 6.45) is 3.11. The third kappa shape index (κ3) is 4.95. The molecule has 0 heterocycles. The van der Waals surface area contributed by atoms with Crippen LogP contribution in [-0.2, 0) is 9.59 Å². The smallest absolute Gasteiger partial charge is 0.231 e. The van der Waals surface area contributed by atoms with Gasteiger partial charge in [0.25, 0.3) is 0 Å². The molecular formula is C16H32N2O4. The van der Waals surface area contributed by atoms with Gasteiger partial charge in [0.05, 0.1) is 5.41 Å². The van der Waals surface area contributed by atoms with Crippen LogP contribution >= 0.6 is 0 Å². The van der Waals surface area contributed by atoms with Crippen molar-refractivity contribution in [3.05, 3.63) is 0 Å². The summed E-state index contributed by atoms with van der Waals surface area (Å²) >= 11 is 0. The van der Waals surface area contributed by atoms with Gasteiger partial charge in [-0.25, -0.2) is 0 Å². The molecule has 0 aliphatic heterocycles. The summed E-state index contributed by atoms with van der Waals surface area (Å²) in [7, 11) is 0. The molecule has 0 saturated heterocycles. The van der Waals surface area contributed by atoms with Crippen LogP contribution in [0.4, 0.5) is 0 Å². The van der Waals surface area contributed by atoms with Crippen LogP contribution in [-0.4, -0.2) is 40.9 Å². The molecule has 130 valence electrons. The van der Waals surface area contributed by atoms with Crippen LogP contribution in [0.3, 0.4) is 0 Å². The summed E-state index contributed by atoms with van der Waals surface area (Å²) in [5.74, 6) is -0.601. The number of carbonyl (C=O) groups excluding carboxylic acids is 2. The van der Waals surface area contributed by atoms with Crippen LogP contribution in [0, 0.1) is 5.41 Å². The van der Waals surface area contributed by atoms with Gasteiger partial charge in [-0.05, 0) is 32.1 Å². The van der Waals surface area contributed by atoms with Crippen molar-refractivity contribution in [1.82, 2.24) is 10.6 Å². The molecule has 2 amide bonds. The van der Waals surface area contributed by atoms with Crippen LogP contribution in [0.25, 0.3) is 0 Å². The van der Waals surface area contributed by atoms with E-state index >= 15 is 0 Å². The number of unbranched alkanes of at least 4 members (excludes halogenated alkanes) is 1. The van der Waals surface area contributed by atoms with E-state index < -0.39 is 11.1 Å². The molecule has 0 aliphatic carbocycles. The second kappa shape index (κ2) is 9.79. The van der Waals surface area contributed by atoms with Gasteiger partial charge in [-0.3, -0.25) is 9.59 Å². The Labute approximate surface area is 133 Å². The van der Waals surface area contributed by atoms with Gasteiger partial charge in [-0.1, -0.05) is 27.2 Å².